The highest BCUT2D eigenvalue weighted by Gasteiger charge is 2.53. The summed E-state index contributed by atoms with van der Waals surface area (Å²) in [4.78, 5) is 29.5. The lowest BCUT2D eigenvalue weighted by atomic mass is 9.68. The van der Waals surface area contributed by atoms with Gasteiger partial charge < -0.3 is 48.8 Å². The number of hydrogen-bond donors (Lipinski definition) is 3. The number of unbranched alkanes of at least 4 members (excludes halogenated alkanes) is 1. The maximum Gasteiger partial charge on any atom is 0.309 e. The molecule has 0 amide bonds. The number of rotatable bonds is 16. The number of benzene rings is 1. The average molecular weight is 971 g/mol. The zero-order valence-electron chi connectivity index (χ0n) is 43.7. The smallest absolute Gasteiger partial charge is 0.309 e. The van der Waals surface area contributed by atoms with Crippen molar-refractivity contribution in [2.24, 2.45) is 23.7 Å². The van der Waals surface area contributed by atoms with E-state index < -0.39 is 77.3 Å². The topological polar surface area (TPSA) is 204 Å². The van der Waals surface area contributed by atoms with Crippen LogP contribution in [0, 0.1) is 33.8 Å². The van der Waals surface area contributed by atoms with E-state index in [0.29, 0.717) is 38.6 Å². The second-order valence-corrected chi connectivity index (χ2v) is 21.7. The molecule has 3 aliphatic rings. The summed E-state index contributed by atoms with van der Waals surface area (Å²) in [6.07, 6.45) is 5.31. The number of nitro groups is 1. The van der Waals surface area contributed by atoms with Gasteiger partial charge in [-0.05, 0) is 106 Å². The summed E-state index contributed by atoms with van der Waals surface area (Å²) in [5, 5.41) is 56.4. The van der Waals surface area contributed by atoms with Gasteiger partial charge in [-0.15, -0.1) is 11.7 Å². The van der Waals surface area contributed by atoms with Crippen LogP contribution in [0.3, 0.4) is 0 Å². The Hall–Kier alpha value is -3.39. The molecule has 69 heavy (non-hydrogen) atoms. The first kappa shape index (κ1) is 56.5. The normalized spacial score (nSPS) is 38.0. The Morgan fingerprint density at radius 3 is 2.35 bits per heavy atom. The quantitative estimate of drug-likeness (QED) is 0.0538. The van der Waals surface area contributed by atoms with E-state index in [0.717, 1.165) is 50.0 Å². The van der Waals surface area contributed by atoms with Gasteiger partial charge in [0.1, 0.15) is 17.8 Å². The van der Waals surface area contributed by atoms with Crippen molar-refractivity contribution in [1.29, 1.82) is 0 Å². The number of aromatic nitrogens is 3. The molecule has 17 heteroatoms. The first-order valence-electron chi connectivity index (χ1n) is 25.4. The van der Waals surface area contributed by atoms with Crippen LogP contribution in [0.2, 0.25) is 0 Å². The molecule has 1 unspecified atom stereocenters. The number of carbonyl (C=O) groups is 1. The predicted molar refractivity (Wildman–Crippen MR) is 263 cm³/mol. The highest BCUT2D eigenvalue weighted by molar-refractivity contribution is 5.73. The number of nitrogens with zero attached hydrogens (tertiary/aromatic N) is 6. The molecule has 4 heterocycles. The van der Waals surface area contributed by atoms with E-state index in [2.05, 4.69) is 42.7 Å². The first-order chi connectivity index (χ1) is 32.4. The van der Waals surface area contributed by atoms with Crippen LogP contribution in [-0.2, 0) is 47.9 Å². The molecule has 390 valence electrons. The van der Waals surface area contributed by atoms with Gasteiger partial charge in [-0.1, -0.05) is 44.2 Å². The monoisotopic (exact) mass is 971 g/mol. The minimum atomic E-state index is -1.77. The zero-order valence-corrected chi connectivity index (χ0v) is 43.7. The molecule has 3 N–H and O–H groups in total. The molecule has 16 atom stereocenters. The first-order valence-corrected chi connectivity index (χ1v) is 25.4. The van der Waals surface area contributed by atoms with E-state index in [1.807, 2.05) is 69.6 Å². The molecule has 17 nitrogen and oxygen atoms in total. The maximum absolute atomic E-state index is 14.7. The Bertz CT molecular complexity index is 1950. The lowest BCUT2D eigenvalue weighted by molar-refractivity contribution is -0.384. The predicted octanol–water partition coefficient (Wildman–Crippen LogP) is 6.53. The van der Waals surface area contributed by atoms with Crippen LogP contribution >= 0.6 is 0 Å². The van der Waals surface area contributed by atoms with Crippen molar-refractivity contribution in [3.8, 4) is 0 Å². The number of methoxy groups -OCH3 is 1. The largest absolute Gasteiger partial charge is 0.459 e. The molecule has 2 aromatic rings. The van der Waals surface area contributed by atoms with Crippen molar-refractivity contribution < 1.29 is 48.7 Å². The van der Waals surface area contributed by atoms with Crippen LogP contribution in [0.25, 0.3) is 0 Å². The fourth-order valence-corrected chi connectivity index (χ4v) is 11.5. The van der Waals surface area contributed by atoms with Gasteiger partial charge in [0.2, 0.25) is 0 Å². The molecule has 1 aromatic carbocycles. The highest BCUT2D eigenvalue weighted by Crippen LogP contribution is 2.45. The summed E-state index contributed by atoms with van der Waals surface area (Å²) >= 11 is 0. The molecule has 3 aliphatic heterocycles. The SMILES string of the molecule is C=C[C@H]1[C@H](C2C[C@@](C)(OC)C[C@H](C)O2)[C@@H](C)C(=O)O[C@H](CC)[C@@](C)(O)[C@H](O)[C@@H](C)N(C)C[C@H](C)C[C@@](C)(O)[C@@H]1O[C@H]1C[C@@H](N(C)CCc2cn(CCCCc3ccc([N+](=O)[O-])cc3)nn2)C[C@@H](C)O1. The minimum Gasteiger partial charge on any atom is -0.459 e. The number of ether oxygens (including phenoxy) is 5. The number of hydrogen-bond acceptors (Lipinski definition) is 15. The third-order valence-corrected chi connectivity index (χ3v) is 15.6. The highest BCUT2D eigenvalue weighted by atomic mass is 16.7. The fourth-order valence-electron chi connectivity index (χ4n) is 11.5. The van der Waals surface area contributed by atoms with Crippen LogP contribution in [0.5, 0.6) is 0 Å². The Balaban J connectivity index is 1.37. The van der Waals surface area contributed by atoms with Crippen LogP contribution in [0.1, 0.15) is 125 Å². The Kier molecular flexibility index (Phi) is 19.9. The molecule has 0 spiro atoms. The summed E-state index contributed by atoms with van der Waals surface area (Å²) < 4.78 is 34.8. The van der Waals surface area contributed by atoms with Gasteiger partial charge in [0.25, 0.3) is 5.69 Å². The van der Waals surface area contributed by atoms with Crippen molar-refractivity contribution in [3.05, 3.63) is 64.5 Å². The van der Waals surface area contributed by atoms with Crippen molar-refractivity contribution in [2.75, 3.05) is 34.3 Å². The number of carbonyl (C=O) groups excluding carboxylic acids is 1. The molecule has 1 aromatic heterocycles. The van der Waals surface area contributed by atoms with Gasteiger partial charge in [-0.2, -0.15) is 0 Å². The van der Waals surface area contributed by atoms with E-state index in [1.54, 1.807) is 32.2 Å². The molecular weight excluding hydrogens is 885 g/mol. The van der Waals surface area contributed by atoms with Crippen molar-refractivity contribution in [1.82, 2.24) is 24.8 Å². The van der Waals surface area contributed by atoms with Crippen molar-refractivity contribution in [2.45, 2.75) is 205 Å². The lowest BCUT2D eigenvalue weighted by Gasteiger charge is -2.50. The molecule has 5 rings (SSSR count). The third-order valence-electron chi connectivity index (χ3n) is 15.6. The van der Waals surface area contributed by atoms with Crippen LogP contribution < -0.4 is 0 Å². The fraction of sp³-hybridized carbons (Fsp3) is 0.788. The number of nitro benzene ring substituents is 1. The zero-order chi connectivity index (χ0) is 51.0. The maximum atomic E-state index is 14.7. The number of cyclic esters (lactones) is 1. The Morgan fingerprint density at radius 2 is 1.71 bits per heavy atom. The minimum absolute atomic E-state index is 0.0801. The summed E-state index contributed by atoms with van der Waals surface area (Å²) in [5.74, 6) is -2.77. The molecule has 3 fully saturated rings. The van der Waals surface area contributed by atoms with Crippen LogP contribution in [-0.4, -0.2) is 157 Å². The number of likely N-dealkylation sites (N-methyl/N-ethyl adjacent to an activating group) is 2. The summed E-state index contributed by atoms with van der Waals surface area (Å²) in [5.41, 5.74) is -1.75. The van der Waals surface area contributed by atoms with E-state index >= 15 is 0 Å². The number of aliphatic hydroxyl groups excluding tert-OH is 1. The van der Waals surface area contributed by atoms with Gasteiger partial charge in [-0.25, -0.2) is 0 Å². The number of aryl methyl sites for hydroxylation is 2. The summed E-state index contributed by atoms with van der Waals surface area (Å²) in [6, 6.07) is 6.28. The summed E-state index contributed by atoms with van der Waals surface area (Å²) in [7, 11) is 5.68. The molecule has 0 radical (unpaired) electrons. The third kappa shape index (κ3) is 14.6. The van der Waals surface area contributed by atoms with E-state index in [4.69, 9.17) is 23.7 Å². The van der Waals surface area contributed by atoms with E-state index in [-0.39, 0.29) is 41.2 Å². The second kappa shape index (κ2) is 24.4. The van der Waals surface area contributed by atoms with Gasteiger partial charge in [0, 0.05) is 94.7 Å². The van der Waals surface area contributed by atoms with Crippen LogP contribution in [0.15, 0.2) is 43.1 Å². The van der Waals surface area contributed by atoms with E-state index in [9.17, 15) is 30.2 Å². The van der Waals surface area contributed by atoms with Crippen molar-refractivity contribution in [3.63, 3.8) is 0 Å². The second-order valence-electron chi connectivity index (χ2n) is 21.7. The molecular formula is C52H86N6O11. The molecule has 0 aliphatic carbocycles. The van der Waals surface area contributed by atoms with Crippen molar-refractivity contribution >= 4 is 11.7 Å². The Labute approximate surface area is 411 Å². The van der Waals surface area contributed by atoms with Gasteiger partial charge in [0.15, 0.2) is 6.29 Å². The van der Waals surface area contributed by atoms with Gasteiger partial charge in [-0.3, -0.25) is 19.6 Å². The lowest BCUT2D eigenvalue weighted by Crippen LogP contribution is -2.59. The molecule has 0 bridgehead atoms. The van der Waals surface area contributed by atoms with Gasteiger partial charge in [0.05, 0.1) is 52.2 Å². The average Bonchev–Trinajstić information content (AvgIpc) is 3.75. The molecule has 3 saturated heterocycles. The summed E-state index contributed by atoms with van der Waals surface area (Å²) in [6.45, 7) is 23.3. The Morgan fingerprint density at radius 1 is 1.01 bits per heavy atom. The number of non-ortho nitro benzene ring substituents is 1. The number of aliphatic hydroxyl groups is 3. The van der Waals surface area contributed by atoms with Gasteiger partial charge >= 0.3 is 5.97 Å². The van der Waals surface area contributed by atoms with Crippen LogP contribution in [0.4, 0.5) is 5.69 Å². The molecule has 0 saturated carbocycles. The van der Waals surface area contributed by atoms with E-state index in [1.165, 1.54) is 6.92 Å². The number of esters is 1. The standard InChI is InChI=1S/C52H86N6O11/c1-14-42-46(43-30-50(8,65-13)29-35(5)66-43)36(6)49(60)68-44(15-2)52(10,62)47(59)37(7)56(12)31-33(3)28-51(9,61)48(42)69-45-27-41(26-34(4)67-45)55(11)25-23-39-32-57(54-53-39)24-17-16-18-38-19-21-40(22-20-38)58(63)64/h14,19-22,32-37,41-48,59,61-62H,1,15-18,23-31H2,2-13H3/t33-,34-,35+,36-,37-,41+,42+,43?,44-,45+,46-,47-,48-,50+,51-,52-/m1/s1.